The molecular formula is C25H21ClN4O3S2. The van der Waals surface area contributed by atoms with E-state index in [1.165, 1.54) is 22.9 Å². The van der Waals surface area contributed by atoms with Gasteiger partial charge in [0.1, 0.15) is 10.6 Å². The SMILES string of the molecule is O=C(CSc1nc2sc3c(c2c(=O)n1-c1ccc(Cl)cc1)CCCC3)N/N=C/c1ccc(O)cc1. The van der Waals surface area contributed by atoms with E-state index in [-0.39, 0.29) is 23.0 Å². The van der Waals surface area contributed by atoms with E-state index in [2.05, 4.69) is 10.5 Å². The fourth-order valence-corrected chi connectivity index (χ4v) is 6.24. The van der Waals surface area contributed by atoms with Gasteiger partial charge in [0.05, 0.1) is 23.0 Å². The number of phenolic OH excluding ortho intramolecular Hbond substituents is 1. The Labute approximate surface area is 214 Å². The molecule has 0 unspecified atom stereocenters. The lowest BCUT2D eigenvalue weighted by Gasteiger charge is -2.13. The summed E-state index contributed by atoms with van der Waals surface area (Å²) in [6, 6.07) is 13.5. The van der Waals surface area contributed by atoms with Gasteiger partial charge in [-0.3, -0.25) is 14.2 Å². The summed E-state index contributed by atoms with van der Waals surface area (Å²) in [6.07, 6.45) is 5.55. The van der Waals surface area contributed by atoms with Gasteiger partial charge >= 0.3 is 0 Å². The molecule has 0 saturated heterocycles. The largest absolute Gasteiger partial charge is 0.508 e. The average Bonchev–Trinajstić information content (AvgIpc) is 3.23. The van der Waals surface area contributed by atoms with Crippen molar-refractivity contribution >= 4 is 57.0 Å². The fourth-order valence-electron chi connectivity index (χ4n) is 4.00. The van der Waals surface area contributed by atoms with Gasteiger partial charge in [-0.2, -0.15) is 5.10 Å². The first-order valence-electron chi connectivity index (χ1n) is 11.1. The van der Waals surface area contributed by atoms with E-state index in [0.717, 1.165) is 41.6 Å². The number of aromatic nitrogens is 2. The number of aromatic hydroxyl groups is 1. The standard InChI is InChI=1S/C25H21ClN4O3S2/c26-16-7-9-17(10-8-16)30-24(33)22-19-3-1-2-4-20(19)35-23(22)28-25(30)34-14-21(32)29-27-13-15-5-11-18(31)12-6-15/h5-13,31H,1-4,14H2,(H,29,32)/b27-13+. The highest BCUT2D eigenvalue weighted by Gasteiger charge is 2.23. The highest BCUT2D eigenvalue weighted by molar-refractivity contribution is 7.99. The van der Waals surface area contributed by atoms with Crippen LogP contribution >= 0.6 is 34.7 Å². The molecule has 2 aromatic carbocycles. The summed E-state index contributed by atoms with van der Waals surface area (Å²) in [5.74, 6) is -0.137. The number of hydrogen-bond donors (Lipinski definition) is 2. The molecule has 0 bridgehead atoms. The average molecular weight is 525 g/mol. The Morgan fingerprint density at radius 2 is 1.91 bits per heavy atom. The number of fused-ring (bicyclic) bond motifs is 3. The van der Waals surface area contributed by atoms with Crippen molar-refractivity contribution < 1.29 is 9.90 Å². The number of carbonyl (C=O) groups is 1. The van der Waals surface area contributed by atoms with Crippen LogP contribution in [-0.2, 0) is 17.6 Å². The Morgan fingerprint density at radius 3 is 2.69 bits per heavy atom. The van der Waals surface area contributed by atoms with Gasteiger partial charge in [0.2, 0.25) is 0 Å². The van der Waals surface area contributed by atoms with E-state index in [1.807, 2.05) is 0 Å². The Bertz CT molecular complexity index is 1480. The van der Waals surface area contributed by atoms with Crippen molar-refractivity contribution in [1.82, 2.24) is 15.0 Å². The molecule has 0 fully saturated rings. The minimum absolute atomic E-state index is 0.0313. The Hall–Kier alpha value is -3.14. The Kier molecular flexibility index (Phi) is 6.90. The minimum Gasteiger partial charge on any atom is -0.508 e. The van der Waals surface area contributed by atoms with Crippen molar-refractivity contribution in [2.24, 2.45) is 5.10 Å². The fraction of sp³-hybridized carbons (Fsp3) is 0.200. The number of thiophene rings is 1. The zero-order valence-corrected chi connectivity index (χ0v) is 20.9. The zero-order valence-electron chi connectivity index (χ0n) is 18.5. The molecule has 7 nitrogen and oxygen atoms in total. The lowest BCUT2D eigenvalue weighted by molar-refractivity contribution is -0.118. The van der Waals surface area contributed by atoms with Gasteiger partial charge in [0, 0.05) is 9.90 Å². The first kappa shape index (κ1) is 23.6. The van der Waals surface area contributed by atoms with E-state index in [0.29, 0.717) is 21.3 Å². The van der Waals surface area contributed by atoms with Gasteiger partial charge in [-0.25, -0.2) is 10.4 Å². The molecule has 0 atom stereocenters. The van der Waals surface area contributed by atoms with Gasteiger partial charge in [-0.1, -0.05) is 23.4 Å². The number of benzene rings is 2. The minimum atomic E-state index is -0.326. The lowest BCUT2D eigenvalue weighted by atomic mass is 9.97. The molecule has 1 aliphatic carbocycles. The number of nitrogens with zero attached hydrogens (tertiary/aromatic N) is 3. The molecule has 35 heavy (non-hydrogen) atoms. The van der Waals surface area contributed by atoms with Gasteiger partial charge in [0.25, 0.3) is 11.5 Å². The first-order chi connectivity index (χ1) is 17.0. The maximum Gasteiger partial charge on any atom is 0.267 e. The maximum atomic E-state index is 13.7. The number of hydrazone groups is 1. The number of halogens is 1. The second kappa shape index (κ2) is 10.2. The van der Waals surface area contributed by atoms with E-state index in [9.17, 15) is 14.7 Å². The first-order valence-corrected chi connectivity index (χ1v) is 13.2. The van der Waals surface area contributed by atoms with Crippen molar-refractivity contribution in [2.45, 2.75) is 30.8 Å². The molecule has 2 aromatic heterocycles. The molecule has 4 aromatic rings. The molecule has 5 rings (SSSR count). The molecule has 0 saturated carbocycles. The van der Waals surface area contributed by atoms with Crippen LogP contribution in [0.1, 0.15) is 28.8 Å². The Morgan fingerprint density at radius 1 is 1.17 bits per heavy atom. The molecule has 2 N–H and O–H groups in total. The topological polar surface area (TPSA) is 96.6 Å². The van der Waals surface area contributed by atoms with Crippen molar-refractivity contribution in [3.63, 3.8) is 0 Å². The molecular weight excluding hydrogens is 504 g/mol. The van der Waals surface area contributed by atoms with Crippen molar-refractivity contribution in [2.75, 3.05) is 5.75 Å². The molecule has 0 aliphatic heterocycles. The summed E-state index contributed by atoms with van der Waals surface area (Å²) in [6.45, 7) is 0. The van der Waals surface area contributed by atoms with Gasteiger partial charge in [-0.05, 0) is 85.3 Å². The van der Waals surface area contributed by atoms with E-state index in [4.69, 9.17) is 16.6 Å². The number of rotatable bonds is 6. The molecule has 0 spiro atoms. The lowest BCUT2D eigenvalue weighted by Crippen LogP contribution is -2.24. The smallest absolute Gasteiger partial charge is 0.267 e. The second-order valence-corrected chi connectivity index (χ2v) is 10.5. The van der Waals surface area contributed by atoms with Crippen LogP contribution in [0.4, 0.5) is 0 Å². The van der Waals surface area contributed by atoms with Gasteiger partial charge < -0.3 is 5.11 Å². The second-order valence-electron chi connectivity index (χ2n) is 8.08. The van der Waals surface area contributed by atoms with Crippen LogP contribution < -0.4 is 11.0 Å². The molecule has 1 amide bonds. The maximum absolute atomic E-state index is 13.7. The van der Waals surface area contributed by atoms with Crippen molar-refractivity contribution in [3.8, 4) is 11.4 Å². The third-order valence-electron chi connectivity index (χ3n) is 5.67. The summed E-state index contributed by atoms with van der Waals surface area (Å²) in [5.41, 5.74) is 4.88. The van der Waals surface area contributed by atoms with Crippen LogP contribution in [-0.4, -0.2) is 32.5 Å². The zero-order chi connectivity index (χ0) is 24.4. The van der Waals surface area contributed by atoms with Crippen LogP contribution in [0.3, 0.4) is 0 Å². The number of hydrogen-bond acceptors (Lipinski definition) is 7. The third kappa shape index (κ3) is 5.12. The van der Waals surface area contributed by atoms with Crippen molar-refractivity contribution in [3.05, 3.63) is 79.9 Å². The molecule has 2 heterocycles. The highest BCUT2D eigenvalue weighted by Crippen LogP contribution is 2.35. The van der Waals surface area contributed by atoms with Gasteiger partial charge in [0.15, 0.2) is 5.16 Å². The van der Waals surface area contributed by atoms with E-state index >= 15 is 0 Å². The number of amides is 1. The van der Waals surface area contributed by atoms with Crippen LogP contribution in [0.15, 0.2) is 63.6 Å². The van der Waals surface area contributed by atoms with Crippen LogP contribution in [0.2, 0.25) is 5.02 Å². The number of nitrogens with one attached hydrogen (secondary N) is 1. The van der Waals surface area contributed by atoms with Crippen molar-refractivity contribution in [1.29, 1.82) is 0 Å². The predicted octanol–water partition coefficient (Wildman–Crippen LogP) is 4.93. The predicted molar refractivity (Wildman–Crippen MR) is 141 cm³/mol. The van der Waals surface area contributed by atoms with E-state index < -0.39 is 0 Å². The summed E-state index contributed by atoms with van der Waals surface area (Å²) < 4.78 is 1.57. The molecule has 10 heteroatoms. The quantitative estimate of drug-likeness (QED) is 0.161. The van der Waals surface area contributed by atoms with Crippen LogP contribution in [0.25, 0.3) is 15.9 Å². The summed E-state index contributed by atoms with van der Waals surface area (Å²) in [7, 11) is 0. The molecule has 0 radical (unpaired) electrons. The van der Waals surface area contributed by atoms with Gasteiger partial charge in [-0.15, -0.1) is 11.3 Å². The van der Waals surface area contributed by atoms with E-state index in [1.54, 1.807) is 64.4 Å². The number of carbonyl (C=O) groups excluding carboxylic acids is 1. The Balaban J connectivity index is 1.42. The summed E-state index contributed by atoms with van der Waals surface area (Å²) in [5, 5.41) is 15.0. The highest BCUT2D eigenvalue weighted by atomic mass is 35.5. The monoisotopic (exact) mass is 524 g/mol. The third-order valence-corrected chi connectivity index (χ3v) is 8.05. The van der Waals surface area contributed by atoms with Crippen LogP contribution in [0.5, 0.6) is 5.75 Å². The summed E-state index contributed by atoms with van der Waals surface area (Å²) >= 11 is 8.83. The number of thioether (sulfide) groups is 1. The molecule has 1 aliphatic rings. The number of phenols is 1. The number of aryl methyl sites for hydroxylation is 2. The summed E-state index contributed by atoms with van der Waals surface area (Å²) in [4.78, 5) is 32.9. The van der Waals surface area contributed by atoms with Crippen LogP contribution in [0, 0.1) is 0 Å². The molecule has 178 valence electrons. The normalized spacial score (nSPS) is 13.3.